The Morgan fingerprint density at radius 2 is 2.08 bits per heavy atom. The first-order valence-electron chi connectivity index (χ1n) is 8.08. The molecule has 0 fully saturated rings. The van der Waals surface area contributed by atoms with E-state index in [0.717, 1.165) is 28.9 Å². The first-order valence-corrected chi connectivity index (χ1v) is 8.96. The largest absolute Gasteiger partial charge is 0.481 e. The molecule has 0 radical (unpaired) electrons. The van der Waals surface area contributed by atoms with Crippen LogP contribution in [0.25, 0.3) is 0 Å². The molecule has 0 aromatic carbocycles. The van der Waals surface area contributed by atoms with Crippen LogP contribution in [0.5, 0.6) is 5.88 Å². The third-order valence-corrected chi connectivity index (χ3v) is 4.17. The van der Waals surface area contributed by atoms with Gasteiger partial charge in [-0.3, -0.25) is 0 Å². The summed E-state index contributed by atoms with van der Waals surface area (Å²) in [6.07, 6.45) is 0. The zero-order valence-electron chi connectivity index (χ0n) is 15.1. The molecule has 0 unspecified atom stereocenters. The summed E-state index contributed by atoms with van der Waals surface area (Å²) in [5.74, 6) is 1.81. The average molecular weight is 475 g/mol. The van der Waals surface area contributed by atoms with Crippen LogP contribution in [0.3, 0.4) is 0 Å². The van der Waals surface area contributed by atoms with Gasteiger partial charge in [-0.15, -0.1) is 35.3 Å². The van der Waals surface area contributed by atoms with Crippen LogP contribution in [-0.2, 0) is 13.1 Å². The van der Waals surface area contributed by atoms with Crippen LogP contribution >= 0.6 is 35.3 Å². The summed E-state index contributed by atoms with van der Waals surface area (Å²) in [4.78, 5) is 13.6. The minimum absolute atomic E-state index is 0. The zero-order chi connectivity index (χ0) is 17.4. The van der Waals surface area contributed by atoms with Crippen LogP contribution in [0.2, 0.25) is 0 Å². The average Bonchev–Trinajstić information content (AvgIpc) is 3.07. The lowest BCUT2D eigenvalue weighted by Gasteiger charge is -2.10. The summed E-state index contributed by atoms with van der Waals surface area (Å²) in [6, 6.07) is 5.68. The van der Waals surface area contributed by atoms with Crippen molar-refractivity contribution in [3.8, 4) is 5.88 Å². The number of thiazole rings is 1. The zero-order valence-corrected chi connectivity index (χ0v) is 18.2. The van der Waals surface area contributed by atoms with Gasteiger partial charge in [-0.1, -0.05) is 19.9 Å². The number of nitrogens with zero attached hydrogens (tertiary/aromatic N) is 3. The molecule has 2 aromatic rings. The number of ether oxygens (including phenoxy) is 1. The predicted octanol–water partition coefficient (Wildman–Crippen LogP) is 3.54. The molecule has 2 N–H and O–H groups in total. The Labute approximate surface area is 170 Å². The Bertz CT molecular complexity index is 675. The molecule has 0 aliphatic carbocycles. The van der Waals surface area contributed by atoms with Crippen LogP contribution in [0.1, 0.15) is 43.1 Å². The van der Waals surface area contributed by atoms with Crippen molar-refractivity contribution >= 4 is 41.3 Å². The highest BCUT2D eigenvalue weighted by Gasteiger charge is 2.06. The van der Waals surface area contributed by atoms with Crippen molar-refractivity contribution in [3.05, 3.63) is 40.0 Å². The second-order valence-electron chi connectivity index (χ2n) is 5.54. The van der Waals surface area contributed by atoms with E-state index in [1.165, 1.54) is 0 Å². The fourth-order valence-electron chi connectivity index (χ4n) is 1.99. The highest BCUT2D eigenvalue weighted by Crippen LogP contribution is 2.17. The molecule has 138 valence electrons. The Kier molecular flexibility index (Phi) is 9.73. The van der Waals surface area contributed by atoms with Gasteiger partial charge < -0.3 is 15.4 Å². The van der Waals surface area contributed by atoms with Gasteiger partial charge >= 0.3 is 0 Å². The molecule has 2 aromatic heterocycles. The van der Waals surface area contributed by atoms with Crippen LogP contribution < -0.4 is 15.4 Å². The number of aromatic nitrogens is 2. The summed E-state index contributed by atoms with van der Waals surface area (Å²) in [5.41, 5.74) is 2.00. The van der Waals surface area contributed by atoms with Crippen molar-refractivity contribution in [3.63, 3.8) is 0 Å². The first kappa shape index (κ1) is 21.6. The van der Waals surface area contributed by atoms with Crippen molar-refractivity contribution in [2.24, 2.45) is 4.99 Å². The van der Waals surface area contributed by atoms with Crippen LogP contribution in [-0.4, -0.2) is 29.6 Å². The summed E-state index contributed by atoms with van der Waals surface area (Å²) in [7, 11) is 1.61. The van der Waals surface area contributed by atoms with Gasteiger partial charge in [-0.25, -0.2) is 15.0 Å². The van der Waals surface area contributed by atoms with E-state index in [0.29, 0.717) is 24.9 Å². The van der Waals surface area contributed by atoms with Crippen molar-refractivity contribution in [1.29, 1.82) is 0 Å². The Morgan fingerprint density at radius 3 is 2.72 bits per heavy atom. The summed E-state index contributed by atoms with van der Waals surface area (Å²) in [6.45, 7) is 8.29. The summed E-state index contributed by atoms with van der Waals surface area (Å²) >= 11 is 1.67. The maximum atomic E-state index is 5.14. The number of guanidine groups is 1. The number of nitrogens with one attached hydrogen (secondary N) is 2. The molecule has 0 aliphatic heterocycles. The van der Waals surface area contributed by atoms with Crippen molar-refractivity contribution in [1.82, 2.24) is 20.6 Å². The van der Waals surface area contributed by atoms with Crippen LogP contribution in [0, 0.1) is 0 Å². The second kappa shape index (κ2) is 11.2. The molecule has 8 heteroatoms. The molecule has 2 heterocycles. The topological polar surface area (TPSA) is 71.4 Å². The Hall–Kier alpha value is -1.42. The fraction of sp³-hybridized carbons (Fsp3) is 0.471. The van der Waals surface area contributed by atoms with E-state index >= 15 is 0 Å². The molecule has 2 rings (SSSR count). The number of pyridine rings is 1. The summed E-state index contributed by atoms with van der Waals surface area (Å²) in [5, 5.41) is 9.73. The monoisotopic (exact) mass is 475 g/mol. The van der Waals surface area contributed by atoms with Gasteiger partial charge in [0.1, 0.15) is 5.01 Å². The molecule has 0 spiro atoms. The number of aliphatic imine (C=N–C) groups is 1. The lowest BCUT2D eigenvalue weighted by molar-refractivity contribution is 0.396. The quantitative estimate of drug-likeness (QED) is 0.364. The molecule has 25 heavy (non-hydrogen) atoms. The minimum Gasteiger partial charge on any atom is -0.481 e. The van der Waals surface area contributed by atoms with Gasteiger partial charge in [0.25, 0.3) is 0 Å². The fourth-order valence-corrected chi connectivity index (χ4v) is 2.89. The molecular weight excluding hydrogens is 449 g/mol. The lowest BCUT2D eigenvalue weighted by Crippen LogP contribution is -2.36. The van der Waals surface area contributed by atoms with Crippen molar-refractivity contribution < 1.29 is 4.74 Å². The number of hydrogen-bond donors (Lipinski definition) is 2. The van der Waals surface area contributed by atoms with Gasteiger partial charge in [-0.2, -0.15) is 0 Å². The SMILES string of the molecule is CCNC(=NCc1cccc(OC)n1)NCc1nc(C(C)C)cs1.I. The number of rotatable bonds is 7. The molecule has 0 aliphatic rings. The normalized spacial score (nSPS) is 11.2. The van der Waals surface area contributed by atoms with Gasteiger partial charge in [0, 0.05) is 18.0 Å². The van der Waals surface area contributed by atoms with E-state index in [1.54, 1.807) is 18.4 Å². The highest BCUT2D eigenvalue weighted by molar-refractivity contribution is 14.0. The third kappa shape index (κ3) is 7.15. The number of halogens is 1. The summed E-state index contributed by atoms with van der Waals surface area (Å²) < 4.78 is 5.14. The molecule has 0 saturated carbocycles. The third-order valence-electron chi connectivity index (χ3n) is 3.30. The van der Waals surface area contributed by atoms with E-state index in [9.17, 15) is 0 Å². The Morgan fingerprint density at radius 1 is 1.28 bits per heavy atom. The van der Waals surface area contributed by atoms with Gasteiger partial charge in [0.05, 0.1) is 31.6 Å². The van der Waals surface area contributed by atoms with Crippen LogP contribution in [0.15, 0.2) is 28.6 Å². The van der Waals surface area contributed by atoms with E-state index < -0.39 is 0 Å². The molecule has 6 nitrogen and oxygen atoms in total. The predicted molar refractivity (Wildman–Crippen MR) is 114 cm³/mol. The second-order valence-corrected chi connectivity index (χ2v) is 6.48. The van der Waals surface area contributed by atoms with E-state index in [4.69, 9.17) is 4.74 Å². The first-order chi connectivity index (χ1) is 11.6. The lowest BCUT2D eigenvalue weighted by atomic mass is 10.2. The maximum absolute atomic E-state index is 5.14. The van der Waals surface area contributed by atoms with E-state index in [-0.39, 0.29) is 24.0 Å². The highest BCUT2D eigenvalue weighted by atomic mass is 127. The number of hydrogen-bond acceptors (Lipinski definition) is 5. The molecule has 0 saturated heterocycles. The van der Waals surface area contributed by atoms with Gasteiger partial charge in [0.2, 0.25) is 5.88 Å². The molecule has 0 bridgehead atoms. The smallest absolute Gasteiger partial charge is 0.213 e. The standard InChI is InChI=1S/C17H25N5OS.HI/c1-5-18-17(19-9-13-7-6-8-15(21-13)23-4)20-10-16-22-14(11-24-16)12(2)3;/h6-8,11-12H,5,9-10H2,1-4H3,(H2,18,19,20);1H. The minimum atomic E-state index is 0. The van der Waals surface area contributed by atoms with E-state index in [2.05, 4.69) is 44.8 Å². The van der Waals surface area contributed by atoms with Gasteiger partial charge in [-0.05, 0) is 18.9 Å². The molecular formula is C17H26IN5OS. The van der Waals surface area contributed by atoms with Crippen molar-refractivity contribution in [2.75, 3.05) is 13.7 Å². The van der Waals surface area contributed by atoms with E-state index in [1.807, 2.05) is 25.1 Å². The van der Waals surface area contributed by atoms with Gasteiger partial charge in [0.15, 0.2) is 5.96 Å². The van der Waals surface area contributed by atoms with Crippen molar-refractivity contribution in [2.45, 2.75) is 39.8 Å². The number of methoxy groups -OCH3 is 1. The maximum Gasteiger partial charge on any atom is 0.213 e. The van der Waals surface area contributed by atoms with Crippen LogP contribution in [0.4, 0.5) is 0 Å². The molecule has 0 amide bonds. The Balaban J connectivity index is 0.00000312. The molecule has 0 atom stereocenters.